The van der Waals surface area contributed by atoms with Crippen molar-refractivity contribution in [2.45, 2.75) is 19.8 Å². The van der Waals surface area contributed by atoms with Gasteiger partial charge in [-0.2, -0.15) is 0 Å². The van der Waals surface area contributed by atoms with Crippen LogP contribution in [0, 0.1) is 5.92 Å². The molecule has 6 nitrogen and oxygen atoms in total. The molecule has 1 rings (SSSR count). The summed E-state index contributed by atoms with van der Waals surface area (Å²) in [7, 11) is 1.61. The first-order chi connectivity index (χ1) is 8.21. The standard InChI is InChI=1S/C11H17N3O3.H2/c1-3-8(4-5-17-2)11(16)14-9-6-12-10(7-15)13-9;/h6-8H,3-5H2,1-2H3,(H,12,13)(H,14,16);1H. The van der Waals surface area contributed by atoms with Crippen LogP contribution in [0.2, 0.25) is 0 Å². The maximum absolute atomic E-state index is 11.8. The van der Waals surface area contributed by atoms with Gasteiger partial charge in [-0.05, 0) is 12.8 Å². The number of hydrogen-bond donors (Lipinski definition) is 2. The van der Waals surface area contributed by atoms with Gasteiger partial charge in [0.05, 0.1) is 6.20 Å². The van der Waals surface area contributed by atoms with Crippen molar-refractivity contribution in [2.24, 2.45) is 5.92 Å². The minimum atomic E-state index is -0.0991. The minimum Gasteiger partial charge on any atom is -0.385 e. The minimum absolute atomic E-state index is 0. The van der Waals surface area contributed by atoms with E-state index in [1.54, 1.807) is 7.11 Å². The van der Waals surface area contributed by atoms with E-state index in [0.29, 0.717) is 25.1 Å². The number of anilines is 1. The molecule has 17 heavy (non-hydrogen) atoms. The van der Waals surface area contributed by atoms with Gasteiger partial charge in [0.2, 0.25) is 5.91 Å². The predicted octanol–water partition coefficient (Wildman–Crippen LogP) is 1.47. The molecule has 0 radical (unpaired) electrons. The number of aromatic nitrogens is 2. The third-order valence-electron chi connectivity index (χ3n) is 2.50. The molecule has 1 amide bonds. The number of nitrogens with one attached hydrogen (secondary N) is 2. The second kappa shape index (κ2) is 6.80. The van der Waals surface area contributed by atoms with Crippen molar-refractivity contribution in [3.05, 3.63) is 12.0 Å². The molecule has 0 saturated carbocycles. The van der Waals surface area contributed by atoms with Crippen LogP contribution < -0.4 is 5.32 Å². The zero-order chi connectivity index (χ0) is 12.7. The summed E-state index contributed by atoms with van der Waals surface area (Å²) in [6.07, 6.45) is 3.43. The second-order valence-corrected chi connectivity index (χ2v) is 3.68. The van der Waals surface area contributed by atoms with Gasteiger partial charge in [-0.1, -0.05) is 6.92 Å². The van der Waals surface area contributed by atoms with Crippen LogP contribution in [0.1, 0.15) is 31.8 Å². The van der Waals surface area contributed by atoms with E-state index in [1.807, 2.05) is 6.92 Å². The number of hydrogen-bond acceptors (Lipinski definition) is 4. The maximum atomic E-state index is 11.8. The number of methoxy groups -OCH3 is 1. The molecule has 0 aliphatic carbocycles. The number of rotatable bonds is 7. The average Bonchev–Trinajstić information content (AvgIpc) is 2.77. The number of carbonyl (C=O) groups is 2. The van der Waals surface area contributed by atoms with Gasteiger partial charge in [-0.3, -0.25) is 9.59 Å². The molecule has 0 aliphatic rings. The van der Waals surface area contributed by atoms with Gasteiger partial charge >= 0.3 is 0 Å². The van der Waals surface area contributed by atoms with Gasteiger partial charge in [-0.25, -0.2) is 4.98 Å². The zero-order valence-electron chi connectivity index (χ0n) is 10.0. The molecule has 1 aromatic rings. The summed E-state index contributed by atoms with van der Waals surface area (Å²) in [5.74, 6) is 0.446. The summed E-state index contributed by atoms with van der Waals surface area (Å²) in [5, 5.41) is 2.69. The Morgan fingerprint density at radius 3 is 3.06 bits per heavy atom. The summed E-state index contributed by atoms with van der Waals surface area (Å²) in [5.41, 5.74) is 0. The topological polar surface area (TPSA) is 84.1 Å². The van der Waals surface area contributed by atoms with Crippen LogP contribution >= 0.6 is 0 Å². The maximum Gasteiger partial charge on any atom is 0.228 e. The SMILES string of the molecule is CCC(CCOC)C(=O)Nc1cnc(C=O)[nH]1.[HH]. The molecule has 1 unspecified atom stereocenters. The zero-order valence-corrected chi connectivity index (χ0v) is 10.0. The van der Waals surface area contributed by atoms with E-state index in [-0.39, 0.29) is 19.1 Å². The fourth-order valence-corrected chi connectivity index (χ4v) is 1.48. The Hall–Kier alpha value is -1.69. The fraction of sp³-hybridized carbons (Fsp3) is 0.545. The molecular weight excluding hydrogens is 222 g/mol. The van der Waals surface area contributed by atoms with Crippen molar-refractivity contribution in [1.29, 1.82) is 0 Å². The Balaban J connectivity index is 0.00000289. The Morgan fingerprint density at radius 1 is 1.76 bits per heavy atom. The number of H-pyrrole nitrogens is 1. The number of ether oxygens (including phenoxy) is 1. The van der Waals surface area contributed by atoms with Crippen LogP contribution in [-0.4, -0.2) is 35.9 Å². The van der Waals surface area contributed by atoms with Crippen LogP contribution in [0.3, 0.4) is 0 Å². The summed E-state index contributed by atoms with van der Waals surface area (Å²) < 4.78 is 4.95. The van der Waals surface area contributed by atoms with Gasteiger partial charge in [0, 0.05) is 21.1 Å². The van der Waals surface area contributed by atoms with Crippen molar-refractivity contribution >= 4 is 18.0 Å². The lowest BCUT2D eigenvalue weighted by Crippen LogP contribution is -2.23. The van der Waals surface area contributed by atoms with Gasteiger partial charge in [0.15, 0.2) is 12.1 Å². The van der Waals surface area contributed by atoms with Crippen LogP contribution in [0.5, 0.6) is 0 Å². The average molecular weight is 241 g/mol. The highest BCUT2D eigenvalue weighted by Crippen LogP contribution is 2.12. The summed E-state index contributed by atoms with van der Waals surface area (Å²) in [6, 6.07) is 0. The van der Waals surface area contributed by atoms with E-state index in [1.165, 1.54) is 6.20 Å². The molecule has 2 N–H and O–H groups in total. The van der Waals surface area contributed by atoms with E-state index in [4.69, 9.17) is 4.74 Å². The summed E-state index contributed by atoms with van der Waals surface area (Å²) in [6.45, 7) is 2.50. The van der Waals surface area contributed by atoms with Crippen molar-refractivity contribution in [1.82, 2.24) is 9.97 Å². The number of carbonyl (C=O) groups excluding carboxylic acids is 2. The lowest BCUT2D eigenvalue weighted by molar-refractivity contribution is -0.120. The van der Waals surface area contributed by atoms with Crippen LogP contribution in [0.4, 0.5) is 5.82 Å². The normalized spacial score (nSPS) is 12.1. The molecule has 1 heterocycles. The molecule has 0 aliphatic heterocycles. The van der Waals surface area contributed by atoms with Crippen LogP contribution in [0.15, 0.2) is 6.20 Å². The molecule has 0 spiro atoms. The lowest BCUT2D eigenvalue weighted by atomic mass is 10.0. The molecule has 96 valence electrons. The molecule has 0 aromatic carbocycles. The van der Waals surface area contributed by atoms with Crippen LogP contribution in [0.25, 0.3) is 0 Å². The largest absolute Gasteiger partial charge is 0.385 e. The highest BCUT2D eigenvalue weighted by Gasteiger charge is 2.16. The molecular formula is C11H19N3O3. The Bertz CT molecular complexity index is 381. The van der Waals surface area contributed by atoms with Crippen molar-refractivity contribution in [2.75, 3.05) is 19.0 Å². The second-order valence-electron chi connectivity index (χ2n) is 3.68. The molecule has 1 atom stereocenters. The van der Waals surface area contributed by atoms with Crippen molar-refractivity contribution < 1.29 is 15.8 Å². The van der Waals surface area contributed by atoms with E-state index >= 15 is 0 Å². The number of imidazole rings is 1. The first-order valence-corrected chi connectivity index (χ1v) is 5.51. The lowest BCUT2D eigenvalue weighted by Gasteiger charge is -2.13. The summed E-state index contributed by atoms with van der Waals surface area (Å²) in [4.78, 5) is 28.7. The van der Waals surface area contributed by atoms with Crippen molar-refractivity contribution in [3.63, 3.8) is 0 Å². The van der Waals surface area contributed by atoms with Crippen LogP contribution in [-0.2, 0) is 9.53 Å². The Kier molecular flexibility index (Phi) is 5.35. The number of amides is 1. The molecule has 0 fully saturated rings. The number of nitrogens with zero attached hydrogens (tertiary/aromatic N) is 1. The van der Waals surface area contributed by atoms with Crippen molar-refractivity contribution in [3.8, 4) is 0 Å². The Labute approximate surface area is 101 Å². The third kappa shape index (κ3) is 3.99. The highest BCUT2D eigenvalue weighted by atomic mass is 16.5. The molecule has 0 bridgehead atoms. The fourth-order valence-electron chi connectivity index (χ4n) is 1.48. The monoisotopic (exact) mass is 241 g/mol. The third-order valence-corrected chi connectivity index (χ3v) is 2.50. The molecule has 0 saturated heterocycles. The van der Waals surface area contributed by atoms with E-state index < -0.39 is 0 Å². The van der Waals surface area contributed by atoms with Gasteiger partial charge in [0.1, 0.15) is 5.82 Å². The van der Waals surface area contributed by atoms with Gasteiger partial charge in [-0.15, -0.1) is 0 Å². The molecule has 6 heteroatoms. The first-order valence-electron chi connectivity index (χ1n) is 5.51. The van der Waals surface area contributed by atoms with E-state index in [0.717, 1.165) is 6.42 Å². The molecule has 1 aromatic heterocycles. The smallest absolute Gasteiger partial charge is 0.228 e. The highest BCUT2D eigenvalue weighted by molar-refractivity contribution is 5.91. The predicted molar refractivity (Wildman–Crippen MR) is 65.0 cm³/mol. The van der Waals surface area contributed by atoms with E-state index in [2.05, 4.69) is 15.3 Å². The Morgan fingerprint density at radius 2 is 2.53 bits per heavy atom. The first kappa shape index (κ1) is 13.4. The summed E-state index contributed by atoms with van der Waals surface area (Å²) >= 11 is 0. The number of aromatic amines is 1. The quantitative estimate of drug-likeness (QED) is 0.708. The van der Waals surface area contributed by atoms with Gasteiger partial charge in [0.25, 0.3) is 0 Å². The number of aldehydes is 1. The van der Waals surface area contributed by atoms with Gasteiger partial charge < -0.3 is 15.0 Å². The van der Waals surface area contributed by atoms with E-state index in [9.17, 15) is 9.59 Å².